The number of piperidine rings is 1. The lowest BCUT2D eigenvalue weighted by Crippen LogP contribution is -2.32. The van der Waals surface area contributed by atoms with Crippen LogP contribution >= 0.6 is 11.3 Å². The van der Waals surface area contributed by atoms with Crippen LogP contribution in [-0.4, -0.2) is 34.8 Å². The largest absolute Gasteiger partial charge is 0.373 e. The summed E-state index contributed by atoms with van der Waals surface area (Å²) in [7, 11) is 0. The van der Waals surface area contributed by atoms with Crippen molar-refractivity contribution in [2.24, 2.45) is 0 Å². The molecule has 0 bridgehead atoms. The van der Waals surface area contributed by atoms with E-state index in [1.807, 2.05) is 17.5 Å². The smallest absolute Gasteiger partial charge is 0.0916 e. The summed E-state index contributed by atoms with van der Waals surface area (Å²) in [6.45, 7) is 4.37. The van der Waals surface area contributed by atoms with Gasteiger partial charge in [0.15, 0.2) is 0 Å². The zero-order valence-electron chi connectivity index (χ0n) is 13.5. The minimum atomic E-state index is 0.355. The van der Waals surface area contributed by atoms with E-state index in [1.165, 1.54) is 60.6 Å². The van der Waals surface area contributed by atoms with E-state index in [0.29, 0.717) is 12.0 Å². The third kappa shape index (κ3) is 3.67. The molecule has 2 saturated heterocycles. The molecular formula is C18H25N3OS. The molecular weight excluding hydrogens is 306 g/mol. The molecule has 4 heterocycles. The van der Waals surface area contributed by atoms with Gasteiger partial charge in [-0.3, -0.25) is 10.00 Å². The highest BCUT2D eigenvalue weighted by molar-refractivity contribution is 7.12. The first-order chi connectivity index (χ1) is 11.4. The van der Waals surface area contributed by atoms with Gasteiger partial charge in [-0.2, -0.15) is 5.10 Å². The van der Waals surface area contributed by atoms with Crippen molar-refractivity contribution in [3.05, 3.63) is 39.8 Å². The van der Waals surface area contributed by atoms with Crippen LogP contribution in [0.2, 0.25) is 0 Å². The molecule has 4 rings (SSSR count). The molecule has 2 fully saturated rings. The number of thiophene rings is 1. The van der Waals surface area contributed by atoms with E-state index in [4.69, 9.17) is 4.74 Å². The van der Waals surface area contributed by atoms with Crippen molar-refractivity contribution in [3.63, 3.8) is 0 Å². The molecule has 23 heavy (non-hydrogen) atoms. The number of hydrogen-bond acceptors (Lipinski definition) is 4. The van der Waals surface area contributed by atoms with E-state index in [2.05, 4.69) is 33.3 Å². The lowest BCUT2D eigenvalue weighted by molar-refractivity contribution is 0.0172. The zero-order chi connectivity index (χ0) is 15.5. The van der Waals surface area contributed by atoms with Crippen LogP contribution in [0, 0.1) is 0 Å². The molecule has 0 radical (unpaired) electrons. The highest BCUT2D eigenvalue weighted by atomic mass is 32.1. The lowest BCUT2D eigenvalue weighted by atomic mass is 9.94. The van der Waals surface area contributed by atoms with E-state index >= 15 is 0 Å². The van der Waals surface area contributed by atoms with Gasteiger partial charge in [-0.25, -0.2) is 0 Å². The molecule has 0 aliphatic carbocycles. The van der Waals surface area contributed by atoms with Crippen LogP contribution in [0.15, 0.2) is 24.4 Å². The van der Waals surface area contributed by atoms with Crippen molar-refractivity contribution < 1.29 is 4.74 Å². The minimum Gasteiger partial charge on any atom is -0.373 e. The van der Waals surface area contributed by atoms with Crippen LogP contribution in [0.25, 0.3) is 0 Å². The molecule has 2 aliphatic rings. The first kappa shape index (κ1) is 15.4. The summed E-state index contributed by atoms with van der Waals surface area (Å²) in [5, 5.41) is 7.21. The van der Waals surface area contributed by atoms with Crippen LogP contribution in [0.4, 0.5) is 0 Å². The van der Waals surface area contributed by atoms with Gasteiger partial charge >= 0.3 is 0 Å². The standard InChI is InChI=1S/C18H25N3OS/c1-2-12-22-17(3-1)18-5-4-15(23-18)13-21-10-7-14(8-11-21)16-6-9-19-20-16/h4-6,9,14,17H,1-3,7-8,10-13H2,(H,19,20). The number of aromatic nitrogens is 2. The van der Waals surface area contributed by atoms with E-state index < -0.39 is 0 Å². The Kier molecular flexibility index (Phi) is 4.78. The molecule has 2 aromatic rings. The molecule has 4 nitrogen and oxygen atoms in total. The van der Waals surface area contributed by atoms with Crippen LogP contribution in [0.1, 0.15) is 59.6 Å². The molecule has 1 unspecified atom stereocenters. The number of nitrogens with one attached hydrogen (secondary N) is 1. The van der Waals surface area contributed by atoms with Gasteiger partial charge in [0.1, 0.15) is 0 Å². The van der Waals surface area contributed by atoms with Crippen LogP contribution in [-0.2, 0) is 11.3 Å². The topological polar surface area (TPSA) is 41.1 Å². The number of aromatic amines is 1. The summed E-state index contributed by atoms with van der Waals surface area (Å²) in [5.74, 6) is 0.656. The fourth-order valence-electron chi connectivity index (χ4n) is 3.73. The highest BCUT2D eigenvalue weighted by Crippen LogP contribution is 2.34. The number of likely N-dealkylation sites (tertiary alicyclic amines) is 1. The maximum atomic E-state index is 5.91. The zero-order valence-corrected chi connectivity index (χ0v) is 14.4. The van der Waals surface area contributed by atoms with Gasteiger partial charge < -0.3 is 4.74 Å². The van der Waals surface area contributed by atoms with E-state index in [9.17, 15) is 0 Å². The predicted molar refractivity (Wildman–Crippen MR) is 92.7 cm³/mol. The molecule has 5 heteroatoms. The molecule has 0 spiro atoms. The Bertz CT molecular complexity index is 596. The van der Waals surface area contributed by atoms with Gasteiger partial charge in [0.2, 0.25) is 0 Å². The van der Waals surface area contributed by atoms with Crippen LogP contribution in [0.5, 0.6) is 0 Å². The summed E-state index contributed by atoms with van der Waals surface area (Å²) in [6, 6.07) is 6.71. The molecule has 0 aromatic carbocycles. The molecule has 0 amide bonds. The van der Waals surface area contributed by atoms with Crippen molar-refractivity contribution in [2.45, 2.75) is 50.7 Å². The monoisotopic (exact) mass is 331 g/mol. The van der Waals surface area contributed by atoms with Crippen molar-refractivity contribution in [3.8, 4) is 0 Å². The highest BCUT2D eigenvalue weighted by Gasteiger charge is 2.23. The normalized spacial score (nSPS) is 24.1. The molecule has 124 valence electrons. The maximum absolute atomic E-state index is 5.91. The van der Waals surface area contributed by atoms with Gasteiger partial charge in [-0.15, -0.1) is 11.3 Å². The summed E-state index contributed by atoms with van der Waals surface area (Å²) < 4.78 is 5.91. The van der Waals surface area contributed by atoms with Crippen molar-refractivity contribution in [1.82, 2.24) is 15.1 Å². The Balaban J connectivity index is 1.30. The summed E-state index contributed by atoms with van der Waals surface area (Å²) in [4.78, 5) is 5.49. The van der Waals surface area contributed by atoms with Gasteiger partial charge in [-0.1, -0.05) is 0 Å². The second kappa shape index (κ2) is 7.16. The average Bonchev–Trinajstić information content (AvgIpc) is 3.28. The van der Waals surface area contributed by atoms with Crippen LogP contribution in [0.3, 0.4) is 0 Å². The Labute approximate surface area is 141 Å². The Morgan fingerprint density at radius 2 is 2.09 bits per heavy atom. The first-order valence-corrected chi connectivity index (χ1v) is 9.62. The van der Waals surface area contributed by atoms with Crippen molar-refractivity contribution in [1.29, 1.82) is 0 Å². The first-order valence-electron chi connectivity index (χ1n) is 8.80. The number of rotatable bonds is 4. The molecule has 1 N–H and O–H groups in total. The maximum Gasteiger partial charge on any atom is 0.0916 e. The van der Waals surface area contributed by atoms with Crippen molar-refractivity contribution in [2.75, 3.05) is 19.7 Å². The second-order valence-electron chi connectivity index (χ2n) is 6.72. The number of nitrogens with zero attached hydrogens (tertiary/aromatic N) is 2. The minimum absolute atomic E-state index is 0.355. The molecule has 2 aromatic heterocycles. The summed E-state index contributed by atoms with van der Waals surface area (Å²) in [6.07, 6.45) is 8.39. The van der Waals surface area contributed by atoms with Crippen molar-refractivity contribution >= 4 is 11.3 Å². The van der Waals surface area contributed by atoms with E-state index in [1.54, 1.807) is 0 Å². The van der Waals surface area contributed by atoms with Gasteiger partial charge in [-0.05, 0) is 63.4 Å². The van der Waals surface area contributed by atoms with Gasteiger partial charge in [0.25, 0.3) is 0 Å². The van der Waals surface area contributed by atoms with Gasteiger partial charge in [0.05, 0.1) is 6.10 Å². The number of ether oxygens (including phenoxy) is 1. The fourth-order valence-corrected chi connectivity index (χ4v) is 4.87. The fraction of sp³-hybridized carbons (Fsp3) is 0.611. The second-order valence-corrected chi connectivity index (χ2v) is 7.92. The Morgan fingerprint density at radius 3 is 2.83 bits per heavy atom. The third-order valence-corrected chi connectivity index (χ3v) is 6.27. The number of H-pyrrole nitrogens is 1. The third-order valence-electron chi connectivity index (χ3n) is 5.11. The molecule has 0 saturated carbocycles. The summed E-state index contributed by atoms with van der Waals surface area (Å²) >= 11 is 1.95. The van der Waals surface area contributed by atoms with E-state index in [0.717, 1.165) is 13.2 Å². The quantitative estimate of drug-likeness (QED) is 0.917. The SMILES string of the molecule is c1cc(C2CCN(Cc3ccc(C4CCCCO4)s3)CC2)[nH]n1. The predicted octanol–water partition coefficient (Wildman–Crippen LogP) is 4.09. The number of hydrogen-bond donors (Lipinski definition) is 1. The molecule has 2 aliphatic heterocycles. The summed E-state index contributed by atoms with van der Waals surface area (Å²) in [5.41, 5.74) is 1.30. The Hall–Kier alpha value is -1.17. The van der Waals surface area contributed by atoms with E-state index in [-0.39, 0.29) is 0 Å². The van der Waals surface area contributed by atoms with Gasteiger partial charge in [0, 0.05) is 40.7 Å². The molecule has 1 atom stereocenters. The van der Waals surface area contributed by atoms with Crippen LogP contribution < -0.4 is 0 Å². The average molecular weight is 331 g/mol. The Morgan fingerprint density at radius 1 is 1.17 bits per heavy atom. The lowest BCUT2D eigenvalue weighted by Gasteiger charge is -2.31.